The topological polar surface area (TPSA) is 40.6 Å². The molecule has 0 aliphatic heterocycles. The van der Waals surface area contributed by atoms with E-state index in [1.165, 1.54) is 9.80 Å². The van der Waals surface area contributed by atoms with E-state index in [2.05, 4.69) is 12.6 Å². The Morgan fingerprint density at radius 2 is 1.89 bits per heavy atom. The molecule has 2 amide bonds. The Balaban J connectivity index is 2.87. The van der Waals surface area contributed by atoms with Crippen molar-refractivity contribution in [3.8, 4) is 0 Å². The van der Waals surface area contributed by atoms with Gasteiger partial charge in [-0.1, -0.05) is 11.6 Å². The van der Waals surface area contributed by atoms with Crippen molar-refractivity contribution in [3.63, 3.8) is 0 Å². The number of hydrogen-bond donors (Lipinski definition) is 1. The van der Waals surface area contributed by atoms with E-state index in [0.717, 1.165) is 0 Å². The van der Waals surface area contributed by atoms with Crippen molar-refractivity contribution in [1.82, 2.24) is 9.80 Å². The Morgan fingerprint density at radius 3 is 2.44 bits per heavy atom. The number of carbonyl (C=O) groups is 2. The summed E-state index contributed by atoms with van der Waals surface area (Å²) in [4.78, 5) is 27.0. The lowest BCUT2D eigenvalue weighted by atomic mass is 10.2. The number of thiol groups is 1. The predicted octanol–water partition coefficient (Wildman–Crippen LogP) is 1.79. The Morgan fingerprint density at radius 1 is 1.28 bits per heavy atom. The lowest BCUT2D eigenvalue weighted by Gasteiger charge is -2.19. The maximum atomic E-state index is 12.1. The molecule has 1 aromatic rings. The third-order valence-electron chi connectivity index (χ3n) is 2.40. The average molecular weight is 287 g/mol. The van der Waals surface area contributed by atoms with E-state index in [9.17, 15) is 9.59 Å². The van der Waals surface area contributed by atoms with Crippen LogP contribution in [0, 0.1) is 0 Å². The van der Waals surface area contributed by atoms with Gasteiger partial charge >= 0.3 is 0 Å². The molecule has 98 valence electrons. The average Bonchev–Trinajstić information content (AvgIpc) is 2.31. The first-order valence-corrected chi connectivity index (χ1v) is 6.09. The zero-order valence-electron chi connectivity index (χ0n) is 10.5. The van der Waals surface area contributed by atoms with Crippen LogP contribution in [0.4, 0.5) is 0 Å². The highest BCUT2D eigenvalue weighted by atomic mass is 35.5. The smallest absolute Gasteiger partial charge is 0.255 e. The molecule has 0 saturated heterocycles. The van der Waals surface area contributed by atoms with Crippen molar-refractivity contribution in [1.29, 1.82) is 0 Å². The Kier molecular flexibility index (Phi) is 5.04. The maximum absolute atomic E-state index is 12.1. The van der Waals surface area contributed by atoms with Crippen molar-refractivity contribution in [2.75, 3.05) is 27.7 Å². The molecular formula is C12H15ClN2O2S. The highest BCUT2D eigenvalue weighted by Gasteiger charge is 2.18. The summed E-state index contributed by atoms with van der Waals surface area (Å²) in [6, 6.07) is 4.90. The number of rotatable bonds is 3. The van der Waals surface area contributed by atoms with Crippen molar-refractivity contribution >= 4 is 36.0 Å². The number of halogens is 1. The molecule has 0 aliphatic carbocycles. The summed E-state index contributed by atoms with van der Waals surface area (Å²) in [6.07, 6.45) is 0. The van der Waals surface area contributed by atoms with Crippen molar-refractivity contribution in [2.24, 2.45) is 0 Å². The van der Waals surface area contributed by atoms with Gasteiger partial charge < -0.3 is 9.80 Å². The number of nitrogens with zero attached hydrogens (tertiary/aromatic N) is 2. The molecule has 1 rings (SSSR count). The van der Waals surface area contributed by atoms with E-state index in [0.29, 0.717) is 15.5 Å². The van der Waals surface area contributed by atoms with Crippen LogP contribution in [0.5, 0.6) is 0 Å². The van der Waals surface area contributed by atoms with Crippen LogP contribution >= 0.6 is 24.2 Å². The SMILES string of the molecule is CN(C)C(=O)CN(C)C(=O)c1cc(S)ccc1Cl. The second-order valence-electron chi connectivity index (χ2n) is 4.11. The summed E-state index contributed by atoms with van der Waals surface area (Å²) in [5, 5.41) is 0.349. The fraction of sp³-hybridized carbons (Fsp3) is 0.333. The number of benzene rings is 1. The van der Waals surface area contributed by atoms with Gasteiger partial charge in [0, 0.05) is 26.0 Å². The van der Waals surface area contributed by atoms with Crippen molar-refractivity contribution in [2.45, 2.75) is 4.90 Å². The van der Waals surface area contributed by atoms with Crippen LogP contribution in [0.3, 0.4) is 0 Å². The van der Waals surface area contributed by atoms with Gasteiger partial charge in [0.2, 0.25) is 5.91 Å². The molecule has 1 aromatic carbocycles. The Labute approximate surface area is 117 Å². The zero-order valence-corrected chi connectivity index (χ0v) is 12.1. The van der Waals surface area contributed by atoms with Gasteiger partial charge in [0.25, 0.3) is 5.91 Å². The summed E-state index contributed by atoms with van der Waals surface area (Å²) >= 11 is 10.1. The van der Waals surface area contributed by atoms with Crippen molar-refractivity contribution in [3.05, 3.63) is 28.8 Å². The summed E-state index contributed by atoms with van der Waals surface area (Å²) < 4.78 is 0. The predicted molar refractivity (Wildman–Crippen MR) is 74.4 cm³/mol. The molecule has 0 spiro atoms. The van der Waals surface area contributed by atoms with Crippen LogP contribution in [-0.2, 0) is 4.79 Å². The van der Waals surface area contributed by atoms with Crippen molar-refractivity contribution < 1.29 is 9.59 Å². The second kappa shape index (κ2) is 6.11. The Hall–Kier alpha value is -1.20. The summed E-state index contributed by atoms with van der Waals surface area (Å²) in [5.41, 5.74) is 0.346. The molecule has 6 heteroatoms. The largest absolute Gasteiger partial charge is 0.347 e. The number of likely N-dealkylation sites (N-methyl/N-ethyl adjacent to an activating group) is 2. The first kappa shape index (κ1) is 14.9. The van der Waals surface area contributed by atoms with Crippen LogP contribution in [0.15, 0.2) is 23.1 Å². The highest BCUT2D eigenvalue weighted by molar-refractivity contribution is 7.80. The van der Waals surface area contributed by atoms with Crippen LogP contribution in [0.25, 0.3) is 0 Å². The molecule has 0 aromatic heterocycles. The minimum atomic E-state index is -0.300. The van der Waals surface area contributed by atoms with Crippen LogP contribution < -0.4 is 0 Å². The second-order valence-corrected chi connectivity index (χ2v) is 5.04. The minimum absolute atomic E-state index is 0.0129. The van der Waals surface area contributed by atoms with Gasteiger partial charge in [0.05, 0.1) is 17.1 Å². The van der Waals surface area contributed by atoms with E-state index in [1.807, 2.05) is 0 Å². The lowest BCUT2D eigenvalue weighted by molar-refractivity contribution is -0.129. The van der Waals surface area contributed by atoms with E-state index in [4.69, 9.17) is 11.6 Å². The molecule has 0 bridgehead atoms. The normalized spacial score (nSPS) is 10.1. The quantitative estimate of drug-likeness (QED) is 0.861. The fourth-order valence-corrected chi connectivity index (χ4v) is 1.70. The molecule has 0 unspecified atom stereocenters. The first-order valence-electron chi connectivity index (χ1n) is 5.27. The van der Waals surface area contributed by atoms with Crippen LogP contribution in [0.2, 0.25) is 5.02 Å². The zero-order chi connectivity index (χ0) is 13.9. The molecule has 4 nitrogen and oxygen atoms in total. The van der Waals surface area contributed by atoms with Gasteiger partial charge in [-0.25, -0.2) is 0 Å². The van der Waals surface area contributed by atoms with E-state index in [-0.39, 0.29) is 18.4 Å². The van der Waals surface area contributed by atoms with Gasteiger partial charge in [0.15, 0.2) is 0 Å². The minimum Gasteiger partial charge on any atom is -0.347 e. The van der Waals surface area contributed by atoms with Gasteiger partial charge in [-0.05, 0) is 18.2 Å². The highest BCUT2D eigenvalue weighted by Crippen LogP contribution is 2.20. The number of hydrogen-bond acceptors (Lipinski definition) is 3. The number of carbonyl (C=O) groups excluding carboxylic acids is 2. The van der Waals surface area contributed by atoms with Crippen LogP contribution in [-0.4, -0.2) is 49.3 Å². The molecule has 0 N–H and O–H groups in total. The third kappa shape index (κ3) is 3.65. The van der Waals surface area contributed by atoms with Gasteiger partial charge in [0.1, 0.15) is 0 Å². The van der Waals surface area contributed by atoms with Crippen LogP contribution in [0.1, 0.15) is 10.4 Å². The molecule has 0 heterocycles. The summed E-state index contributed by atoms with van der Waals surface area (Å²) in [6.45, 7) is 0.0129. The standard InChI is InChI=1S/C12H15ClN2O2S/c1-14(2)11(16)7-15(3)12(17)9-6-8(18)4-5-10(9)13/h4-6,18H,7H2,1-3H3. The molecule has 0 radical (unpaired) electrons. The molecule has 0 saturated carbocycles. The van der Waals surface area contributed by atoms with E-state index in [1.54, 1.807) is 39.3 Å². The molecular weight excluding hydrogens is 272 g/mol. The molecule has 0 atom stereocenters. The van der Waals surface area contributed by atoms with Gasteiger partial charge in [-0.15, -0.1) is 12.6 Å². The molecule has 18 heavy (non-hydrogen) atoms. The van der Waals surface area contributed by atoms with E-state index >= 15 is 0 Å². The Bertz CT molecular complexity index is 477. The lowest BCUT2D eigenvalue weighted by Crippen LogP contribution is -2.37. The number of amides is 2. The first-order chi connectivity index (χ1) is 8.32. The van der Waals surface area contributed by atoms with Gasteiger partial charge in [-0.2, -0.15) is 0 Å². The fourth-order valence-electron chi connectivity index (χ4n) is 1.30. The third-order valence-corrected chi connectivity index (χ3v) is 3.01. The van der Waals surface area contributed by atoms with Gasteiger partial charge in [-0.3, -0.25) is 9.59 Å². The molecule has 0 aliphatic rings. The summed E-state index contributed by atoms with van der Waals surface area (Å²) in [7, 11) is 4.84. The van der Waals surface area contributed by atoms with E-state index < -0.39 is 0 Å². The molecule has 0 fully saturated rings. The monoisotopic (exact) mass is 286 g/mol. The maximum Gasteiger partial charge on any atom is 0.255 e. The summed E-state index contributed by atoms with van der Waals surface area (Å²) in [5.74, 6) is -0.449.